The molecule has 27 heavy (non-hydrogen) atoms. The number of ether oxygens (including phenoxy) is 4. The van der Waals surface area contributed by atoms with E-state index in [0.29, 0.717) is 13.2 Å². The van der Waals surface area contributed by atoms with Gasteiger partial charge in [-0.15, -0.1) is 5.10 Å². The number of fused-ring (bicyclic) bond motifs is 4. The fourth-order valence-electron chi connectivity index (χ4n) is 3.65. The lowest BCUT2D eigenvalue weighted by molar-refractivity contribution is -0.223. The van der Waals surface area contributed by atoms with Crippen LogP contribution in [0, 0.1) is 0 Å². The Balaban J connectivity index is 1.59. The molecule has 3 aliphatic rings. The lowest BCUT2D eigenvalue weighted by atomic mass is 10.0. The number of rotatable bonds is 3. The maximum atomic E-state index is 6.52. The van der Waals surface area contributed by atoms with E-state index >= 15 is 0 Å². The molecule has 4 heterocycles. The summed E-state index contributed by atoms with van der Waals surface area (Å²) in [4.78, 5) is 0. The zero-order valence-electron chi connectivity index (χ0n) is 17.3. The van der Waals surface area contributed by atoms with Gasteiger partial charge in [-0.05, 0) is 32.0 Å². The number of aromatic nitrogens is 3. The van der Waals surface area contributed by atoms with Gasteiger partial charge < -0.3 is 23.4 Å². The quantitative estimate of drug-likeness (QED) is 0.726. The Bertz CT molecular complexity index is 701. The molecule has 2 saturated heterocycles. The van der Waals surface area contributed by atoms with Crippen molar-refractivity contribution in [2.24, 2.45) is 0 Å². The second-order valence-corrected chi connectivity index (χ2v) is 14.5. The highest BCUT2D eigenvalue weighted by Crippen LogP contribution is 2.44. The van der Waals surface area contributed by atoms with Crippen LogP contribution in [0.4, 0.5) is 0 Å². The summed E-state index contributed by atoms with van der Waals surface area (Å²) in [6, 6.07) is -0.134. The summed E-state index contributed by atoms with van der Waals surface area (Å²) in [6.07, 6.45) is 0.567. The second-order valence-electron chi connectivity index (χ2n) is 9.65. The van der Waals surface area contributed by atoms with Gasteiger partial charge in [0.25, 0.3) is 0 Å². The molecule has 4 rings (SSSR count). The van der Waals surface area contributed by atoms with Crippen molar-refractivity contribution in [2.75, 3.05) is 6.61 Å². The van der Waals surface area contributed by atoms with E-state index in [1.807, 2.05) is 18.5 Å². The third-order valence-corrected chi connectivity index (χ3v) is 10.7. The van der Waals surface area contributed by atoms with Crippen LogP contribution in [0.1, 0.15) is 46.4 Å². The van der Waals surface area contributed by atoms with Crippen LogP contribution in [0.25, 0.3) is 0 Å². The second kappa shape index (κ2) is 6.33. The highest BCUT2D eigenvalue weighted by molar-refractivity contribution is 6.74. The summed E-state index contributed by atoms with van der Waals surface area (Å²) in [7, 11) is -1.92. The number of hydrogen-bond acceptors (Lipinski definition) is 7. The SMILES string of the molecule is CC1(C)O[C@H]2O[C@H]3[C@@H](OCc4cnnn4[C@H]3CO[Si](C)(C)C(C)(C)C)[C@H]2O1. The molecule has 0 N–H and O–H groups in total. The van der Waals surface area contributed by atoms with Gasteiger partial charge in [-0.1, -0.05) is 26.0 Å². The van der Waals surface area contributed by atoms with E-state index in [0.717, 1.165) is 5.69 Å². The van der Waals surface area contributed by atoms with Crippen molar-refractivity contribution in [3.8, 4) is 0 Å². The summed E-state index contributed by atoms with van der Waals surface area (Å²) >= 11 is 0. The Labute approximate surface area is 161 Å². The zero-order chi connectivity index (χ0) is 19.6. The minimum Gasteiger partial charge on any atom is -0.415 e. The van der Waals surface area contributed by atoms with Crippen LogP contribution < -0.4 is 0 Å². The first-order chi connectivity index (χ1) is 12.5. The van der Waals surface area contributed by atoms with Gasteiger partial charge in [0.15, 0.2) is 20.4 Å². The van der Waals surface area contributed by atoms with Crippen molar-refractivity contribution >= 4 is 8.32 Å². The van der Waals surface area contributed by atoms with Crippen molar-refractivity contribution < 1.29 is 23.4 Å². The van der Waals surface area contributed by atoms with Gasteiger partial charge in [0, 0.05) is 0 Å². The van der Waals surface area contributed by atoms with E-state index in [4.69, 9.17) is 23.4 Å². The van der Waals surface area contributed by atoms with Crippen LogP contribution in [0.15, 0.2) is 6.20 Å². The Morgan fingerprint density at radius 1 is 1.22 bits per heavy atom. The fraction of sp³-hybridized carbons (Fsp3) is 0.889. The van der Waals surface area contributed by atoms with E-state index in [1.54, 1.807) is 6.20 Å². The summed E-state index contributed by atoms with van der Waals surface area (Å²) in [5.41, 5.74) is 0.923. The highest BCUT2D eigenvalue weighted by Gasteiger charge is 2.58. The predicted molar refractivity (Wildman–Crippen MR) is 99.5 cm³/mol. The summed E-state index contributed by atoms with van der Waals surface area (Å²) in [5, 5.41) is 8.50. The average Bonchev–Trinajstić information content (AvgIpc) is 3.15. The Morgan fingerprint density at radius 3 is 2.67 bits per heavy atom. The molecule has 0 aromatic carbocycles. The largest absolute Gasteiger partial charge is 0.415 e. The van der Waals surface area contributed by atoms with Gasteiger partial charge in [0.2, 0.25) is 0 Å². The minimum absolute atomic E-state index is 0.127. The maximum absolute atomic E-state index is 6.52. The van der Waals surface area contributed by atoms with Crippen molar-refractivity contribution in [3.63, 3.8) is 0 Å². The van der Waals surface area contributed by atoms with Crippen LogP contribution in [-0.2, 0) is 30.0 Å². The van der Waals surface area contributed by atoms with E-state index in [2.05, 4.69) is 44.2 Å². The molecule has 0 bridgehead atoms. The first-order valence-corrected chi connectivity index (χ1v) is 12.6. The number of nitrogens with zero attached hydrogens (tertiary/aromatic N) is 3. The van der Waals surface area contributed by atoms with Gasteiger partial charge >= 0.3 is 0 Å². The fourth-order valence-corrected chi connectivity index (χ4v) is 4.67. The summed E-state index contributed by atoms with van der Waals surface area (Å²) in [5.74, 6) is -0.668. The van der Waals surface area contributed by atoms with Gasteiger partial charge in [-0.2, -0.15) is 0 Å². The summed E-state index contributed by atoms with van der Waals surface area (Å²) < 4.78 is 32.8. The van der Waals surface area contributed by atoms with Gasteiger partial charge in [0.1, 0.15) is 24.4 Å². The standard InChI is InChI=1S/C18H31N3O5Si/c1-17(2,3)27(6,7)23-10-12-13-14(22-9-11-8-19-20-21(11)12)15-16(24-13)26-18(4,5)25-15/h8,12-16H,9-10H2,1-7H3/t12-,13+,14+,15+,16+/m0/s1. The van der Waals surface area contributed by atoms with Crippen molar-refractivity contribution in [2.45, 2.75) is 95.8 Å². The van der Waals surface area contributed by atoms with Crippen LogP contribution in [0.3, 0.4) is 0 Å². The normalized spacial score (nSPS) is 35.4. The lowest BCUT2D eigenvalue weighted by Crippen LogP contribution is -2.45. The molecule has 1 aromatic rings. The van der Waals surface area contributed by atoms with Gasteiger partial charge in [0.05, 0.1) is 25.1 Å². The van der Waals surface area contributed by atoms with Gasteiger partial charge in [-0.25, -0.2) is 4.68 Å². The molecule has 2 fully saturated rings. The molecule has 0 unspecified atom stereocenters. The van der Waals surface area contributed by atoms with Crippen LogP contribution in [-0.4, -0.2) is 60.3 Å². The predicted octanol–water partition coefficient (Wildman–Crippen LogP) is 2.62. The van der Waals surface area contributed by atoms with Crippen LogP contribution in [0.2, 0.25) is 18.1 Å². The van der Waals surface area contributed by atoms with Gasteiger partial charge in [-0.3, -0.25) is 0 Å². The van der Waals surface area contributed by atoms with E-state index in [-0.39, 0.29) is 29.4 Å². The molecule has 152 valence electrons. The molecule has 0 amide bonds. The monoisotopic (exact) mass is 397 g/mol. The molecular weight excluding hydrogens is 366 g/mol. The van der Waals surface area contributed by atoms with Crippen molar-refractivity contribution in [3.05, 3.63) is 11.9 Å². The molecule has 0 radical (unpaired) electrons. The third kappa shape index (κ3) is 3.38. The Hall–Kier alpha value is -0.843. The van der Waals surface area contributed by atoms with Crippen LogP contribution >= 0.6 is 0 Å². The first-order valence-electron chi connectivity index (χ1n) is 9.64. The highest BCUT2D eigenvalue weighted by atomic mass is 28.4. The molecule has 1 aromatic heterocycles. The lowest BCUT2D eigenvalue weighted by Gasteiger charge is -2.38. The molecule has 0 aliphatic carbocycles. The third-order valence-electron chi connectivity index (χ3n) is 6.21. The molecule has 0 saturated carbocycles. The van der Waals surface area contributed by atoms with E-state index in [1.165, 1.54) is 0 Å². The average molecular weight is 398 g/mol. The zero-order valence-corrected chi connectivity index (χ0v) is 18.3. The van der Waals surface area contributed by atoms with E-state index < -0.39 is 20.4 Å². The topological polar surface area (TPSA) is 76.9 Å². The smallest absolute Gasteiger partial charge is 0.192 e. The van der Waals surface area contributed by atoms with Crippen LogP contribution in [0.5, 0.6) is 0 Å². The molecule has 3 aliphatic heterocycles. The molecule has 0 spiro atoms. The molecular formula is C18H31N3O5Si. The minimum atomic E-state index is -1.92. The maximum Gasteiger partial charge on any atom is 0.192 e. The number of hydrogen-bond donors (Lipinski definition) is 0. The van der Waals surface area contributed by atoms with Crippen molar-refractivity contribution in [1.82, 2.24) is 15.0 Å². The Morgan fingerprint density at radius 2 is 1.96 bits per heavy atom. The first kappa shape index (κ1) is 19.5. The van der Waals surface area contributed by atoms with E-state index in [9.17, 15) is 0 Å². The summed E-state index contributed by atoms with van der Waals surface area (Å²) in [6.45, 7) is 15.9. The molecule has 9 heteroatoms. The molecule has 8 nitrogen and oxygen atoms in total. The Kier molecular flexibility index (Phi) is 4.57. The van der Waals surface area contributed by atoms with Crippen molar-refractivity contribution in [1.29, 1.82) is 0 Å². The molecule has 5 atom stereocenters.